The zero-order valence-corrected chi connectivity index (χ0v) is 19.4. The highest BCUT2D eigenvalue weighted by molar-refractivity contribution is 6.01. The van der Waals surface area contributed by atoms with Crippen molar-refractivity contribution in [2.24, 2.45) is 0 Å². The quantitative estimate of drug-likeness (QED) is 0.668. The van der Waals surface area contributed by atoms with E-state index in [0.717, 1.165) is 31.2 Å². The second kappa shape index (κ2) is 9.25. The molecule has 1 aromatic heterocycles. The molecule has 0 unspecified atom stereocenters. The highest BCUT2D eigenvalue weighted by Gasteiger charge is 2.48. The van der Waals surface area contributed by atoms with Crippen molar-refractivity contribution in [3.8, 4) is 5.75 Å². The molecule has 1 saturated carbocycles. The number of ether oxygens (including phenoxy) is 1. The Morgan fingerprint density at radius 1 is 1.24 bits per heavy atom. The van der Waals surface area contributed by atoms with Gasteiger partial charge in [0.15, 0.2) is 5.69 Å². The summed E-state index contributed by atoms with van der Waals surface area (Å²) in [4.78, 5) is 40.8. The molecule has 2 N–H and O–H groups in total. The smallest absolute Gasteiger partial charge is 0.273 e. The van der Waals surface area contributed by atoms with Crippen molar-refractivity contribution >= 4 is 17.7 Å². The van der Waals surface area contributed by atoms with Crippen molar-refractivity contribution < 1.29 is 19.1 Å². The van der Waals surface area contributed by atoms with Gasteiger partial charge in [-0.05, 0) is 44.4 Å². The zero-order valence-electron chi connectivity index (χ0n) is 19.4. The molecular weight excluding hydrogens is 422 g/mol. The number of methoxy groups -OCH3 is 1. The minimum Gasteiger partial charge on any atom is -0.497 e. The van der Waals surface area contributed by atoms with Gasteiger partial charge in [0.2, 0.25) is 5.91 Å². The van der Waals surface area contributed by atoms with Gasteiger partial charge in [-0.3, -0.25) is 19.1 Å². The molecule has 2 aliphatic rings. The van der Waals surface area contributed by atoms with Crippen molar-refractivity contribution in [1.82, 2.24) is 25.3 Å². The van der Waals surface area contributed by atoms with Crippen molar-refractivity contribution in [1.29, 1.82) is 0 Å². The van der Waals surface area contributed by atoms with Crippen LogP contribution in [0.25, 0.3) is 0 Å². The molecular formula is C24H31N5O4. The fourth-order valence-electron chi connectivity index (χ4n) is 4.71. The first-order valence-corrected chi connectivity index (χ1v) is 11.5. The van der Waals surface area contributed by atoms with E-state index in [2.05, 4.69) is 15.7 Å². The number of hydrogen-bond donors (Lipinski definition) is 2. The molecule has 0 spiro atoms. The van der Waals surface area contributed by atoms with Gasteiger partial charge in [0, 0.05) is 25.2 Å². The third-order valence-corrected chi connectivity index (χ3v) is 6.61. The molecule has 3 amide bonds. The van der Waals surface area contributed by atoms with Crippen molar-refractivity contribution in [2.75, 3.05) is 13.7 Å². The Hall–Kier alpha value is -3.36. The van der Waals surface area contributed by atoms with E-state index >= 15 is 0 Å². The number of benzene rings is 1. The Balaban J connectivity index is 1.51. The molecule has 1 aliphatic carbocycles. The number of fused-ring (bicyclic) bond motifs is 1. The van der Waals surface area contributed by atoms with Gasteiger partial charge >= 0.3 is 0 Å². The highest BCUT2D eigenvalue weighted by atomic mass is 16.5. The van der Waals surface area contributed by atoms with Gasteiger partial charge in [0.05, 0.1) is 13.7 Å². The zero-order chi connectivity index (χ0) is 23.6. The number of aromatic nitrogens is 2. The first-order chi connectivity index (χ1) is 15.9. The van der Waals surface area contributed by atoms with Crippen LogP contribution >= 0.6 is 0 Å². The van der Waals surface area contributed by atoms with E-state index in [1.807, 2.05) is 31.2 Å². The summed E-state index contributed by atoms with van der Waals surface area (Å²) in [5, 5.41) is 10.3. The molecule has 0 bridgehead atoms. The summed E-state index contributed by atoms with van der Waals surface area (Å²) in [5.41, 5.74) is 0.283. The van der Waals surface area contributed by atoms with Crippen LogP contribution in [0.4, 0.5) is 0 Å². The monoisotopic (exact) mass is 453 g/mol. The fourth-order valence-corrected chi connectivity index (χ4v) is 4.71. The molecule has 1 fully saturated rings. The lowest BCUT2D eigenvalue weighted by molar-refractivity contribution is -0.133. The molecule has 0 saturated heterocycles. The van der Waals surface area contributed by atoms with Crippen molar-refractivity contribution in [2.45, 2.75) is 64.2 Å². The number of carbonyl (C=O) groups is 3. The molecule has 33 heavy (non-hydrogen) atoms. The number of hydrogen-bond acceptors (Lipinski definition) is 5. The van der Waals surface area contributed by atoms with Gasteiger partial charge in [-0.25, -0.2) is 0 Å². The summed E-state index contributed by atoms with van der Waals surface area (Å²) in [5.74, 6) is -0.144. The van der Waals surface area contributed by atoms with Crippen molar-refractivity contribution in [3.05, 3.63) is 47.3 Å². The number of likely N-dealkylation sites (N-methyl/N-ethyl adjacent to an activating group) is 1. The molecule has 2 aromatic rings. The second-order valence-electron chi connectivity index (χ2n) is 8.88. The molecule has 4 rings (SSSR count). The van der Waals surface area contributed by atoms with Crippen LogP contribution in [0.2, 0.25) is 0 Å². The number of nitrogens with zero attached hydrogens (tertiary/aromatic N) is 3. The van der Waals surface area contributed by atoms with Crippen LogP contribution in [0.1, 0.15) is 66.1 Å². The van der Waals surface area contributed by atoms with E-state index < -0.39 is 5.54 Å². The maximum atomic E-state index is 13.2. The lowest BCUT2D eigenvalue weighted by Crippen LogP contribution is -2.64. The van der Waals surface area contributed by atoms with Crippen LogP contribution in [0.3, 0.4) is 0 Å². The van der Waals surface area contributed by atoms with Crippen LogP contribution < -0.4 is 15.4 Å². The highest BCUT2D eigenvalue weighted by Crippen LogP contribution is 2.28. The summed E-state index contributed by atoms with van der Waals surface area (Å²) < 4.78 is 6.70. The number of rotatable bonds is 7. The van der Waals surface area contributed by atoms with Gasteiger partial charge in [-0.1, -0.05) is 25.0 Å². The summed E-state index contributed by atoms with van der Waals surface area (Å²) in [6, 6.07) is 9.07. The lowest BCUT2D eigenvalue weighted by atomic mass is 9.94. The normalized spacial score (nSPS) is 20.5. The summed E-state index contributed by atoms with van der Waals surface area (Å²) in [6.45, 7) is 4.51. The Labute approximate surface area is 193 Å². The molecule has 9 heteroatoms. The Morgan fingerprint density at radius 3 is 2.70 bits per heavy atom. The average molecular weight is 454 g/mol. The lowest BCUT2D eigenvalue weighted by Gasteiger charge is -2.43. The van der Waals surface area contributed by atoms with Gasteiger partial charge in [-0.15, -0.1) is 0 Å². The molecule has 0 radical (unpaired) electrons. The number of nitrogens with one attached hydrogen (secondary N) is 2. The maximum absolute atomic E-state index is 13.2. The summed E-state index contributed by atoms with van der Waals surface area (Å²) in [7, 11) is 1.59. The SMILES string of the molecule is CCN1C(=O)c2cc(C(=O)NCc3cccc(OC)c3)nn2C[C@]1(C)C(=O)NC1CCCC1. The second-order valence-corrected chi connectivity index (χ2v) is 8.88. The van der Waals surface area contributed by atoms with Gasteiger partial charge in [0.1, 0.15) is 17.0 Å². The largest absolute Gasteiger partial charge is 0.497 e. The van der Waals surface area contributed by atoms with Crippen LogP contribution in [-0.4, -0.2) is 57.6 Å². The van der Waals surface area contributed by atoms with E-state index in [0.29, 0.717) is 24.5 Å². The molecule has 9 nitrogen and oxygen atoms in total. The summed E-state index contributed by atoms with van der Waals surface area (Å²) in [6.07, 6.45) is 4.14. The van der Waals surface area contributed by atoms with E-state index in [1.54, 1.807) is 18.9 Å². The topological polar surface area (TPSA) is 106 Å². The number of amides is 3. The minimum atomic E-state index is -1.07. The Morgan fingerprint density at radius 2 is 2.00 bits per heavy atom. The van der Waals surface area contributed by atoms with E-state index in [-0.39, 0.29) is 36.0 Å². The molecule has 1 atom stereocenters. The van der Waals surface area contributed by atoms with Crippen molar-refractivity contribution in [3.63, 3.8) is 0 Å². The maximum Gasteiger partial charge on any atom is 0.273 e. The van der Waals surface area contributed by atoms with Crippen LogP contribution in [0.15, 0.2) is 30.3 Å². The van der Waals surface area contributed by atoms with E-state index in [1.165, 1.54) is 10.7 Å². The molecule has 1 aromatic carbocycles. The Bertz CT molecular complexity index is 1060. The average Bonchev–Trinajstić information content (AvgIpc) is 3.48. The third kappa shape index (κ3) is 4.44. The summed E-state index contributed by atoms with van der Waals surface area (Å²) >= 11 is 0. The first kappa shape index (κ1) is 22.8. The molecule has 1 aliphatic heterocycles. The standard InChI is InChI=1S/C24H31N5O4/c1-4-28-22(31)20-13-19(21(30)25-14-16-8-7-11-18(12-16)33-3)27-29(20)15-24(28,2)23(32)26-17-9-5-6-10-17/h7-8,11-13,17H,4-6,9-10,14-15H2,1-3H3,(H,25,30)(H,26,32)/t24-/m1/s1. The number of carbonyl (C=O) groups excluding carboxylic acids is 3. The third-order valence-electron chi connectivity index (χ3n) is 6.61. The van der Waals surface area contributed by atoms with Gasteiger partial charge in [-0.2, -0.15) is 5.10 Å². The van der Waals surface area contributed by atoms with E-state index in [4.69, 9.17) is 4.74 Å². The van der Waals surface area contributed by atoms with Crippen LogP contribution in [-0.2, 0) is 17.9 Å². The van der Waals surface area contributed by atoms with Crippen LogP contribution in [0.5, 0.6) is 5.75 Å². The predicted molar refractivity (Wildman–Crippen MR) is 122 cm³/mol. The van der Waals surface area contributed by atoms with Crippen LogP contribution in [0, 0.1) is 0 Å². The van der Waals surface area contributed by atoms with Gasteiger partial charge in [0.25, 0.3) is 11.8 Å². The van der Waals surface area contributed by atoms with E-state index in [9.17, 15) is 14.4 Å². The van der Waals surface area contributed by atoms with Gasteiger partial charge < -0.3 is 20.3 Å². The molecule has 176 valence electrons. The predicted octanol–water partition coefficient (Wildman–Crippen LogP) is 2.11. The Kier molecular flexibility index (Phi) is 6.40. The fraction of sp³-hybridized carbons (Fsp3) is 0.500. The minimum absolute atomic E-state index is 0.151. The molecule has 2 heterocycles. The first-order valence-electron chi connectivity index (χ1n) is 11.5.